The molecule has 1 aromatic heterocycles. The van der Waals surface area contributed by atoms with E-state index in [1.165, 1.54) is 10.5 Å². The highest BCUT2D eigenvalue weighted by Gasteiger charge is 2.58. The van der Waals surface area contributed by atoms with Crippen molar-refractivity contribution in [3.8, 4) is 0 Å². The Balaban J connectivity index is 0.00000289. The highest BCUT2D eigenvalue weighted by molar-refractivity contribution is 14.0. The second kappa shape index (κ2) is 10.8. The van der Waals surface area contributed by atoms with Crippen LogP contribution in [-0.2, 0) is 9.59 Å². The van der Waals surface area contributed by atoms with Gasteiger partial charge in [-0.2, -0.15) is 0 Å². The lowest BCUT2D eigenvalue weighted by atomic mass is 9.85. The number of allylic oxidation sites excluding steroid dienone is 2. The van der Waals surface area contributed by atoms with Crippen molar-refractivity contribution in [2.75, 3.05) is 26.2 Å². The normalized spacial score (nSPS) is 27.0. The molecule has 2 amide bonds. The van der Waals surface area contributed by atoms with Gasteiger partial charge in [-0.25, -0.2) is 0 Å². The maximum Gasteiger partial charge on any atom is 0.233 e. The first kappa shape index (κ1) is 24.7. The molecule has 2 bridgehead atoms. The molecule has 0 spiro atoms. The van der Waals surface area contributed by atoms with E-state index in [9.17, 15) is 9.59 Å². The van der Waals surface area contributed by atoms with E-state index >= 15 is 0 Å². The Morgan fingerprint density at radius 2 is 1.88 bits per heavy atom. The van der Waals surface area contributed by atoms with Gasteiger partial charge in [0.25, 0.3) is 0 Å². The summed E-state index contributed by atoms with van der Waals surface area (Å²) in [5.41, 5.74) is 1.18. The number of likely N-dealkylation sites (tertiary alicyclic amines) is 1. The van der Waals surface area contributed by atoms with E-state index in [0.717, 1.165) is 13.0 Å². The monoisotopic (exact) mass is 551 g/mol. The molecule has 0 radical (unpaired) electrons. The molecular weight excluding hydrogens is 517 g/mol. The van der Waals surface area contributed by atoms with Gasteiger partial charge in [0.2, 0.25) is 11.8 Å². The van der Waals surface area contributed by atoms with Crippen LogP contribution in [0.1, 0.15) is 38.7 Å². The number of hydrogen-bond donors (Lipinski definition) is 2. The van der Waals surface area contributed by atoms with Crippen LogP contribution in [0, 0.1) is 29.6 Å². The number of imide groups is 1. The number of hydrogen-bond acceptors (Lipinski definition) is 4. The summed E-state index contributed by atoms with van der Waals surface area (Å²) in [6.45, 7) is 8.66. The van der Waals surface area contributed by atoms with Crippen molar-refractivity contribution in [3.63, 3.8) is 0 Å². The first-order chi connectivity index (χ1) is 15.0. The molecule has 1 aliphatic heterocycles. The third kappa shape index (κ3) is 4.84. The summed E-state index contributed by atoms with van der Waals surface area (Å²) in [5.74, 6) is 1.67. The molecule has 2 heterocycles. The zero-order chi connectivity index (χ0) is 22.0. The standard InChI is InChI=1S/C24H33N5O2.HI/c1-4-26-24(28-14-19(15(2)3)18-6-5-9-25-13-18)27-10-11-29-22(30)20-16-7-8-17(12-16)21(20)23(29)31;/h5-9,13,15-17,19-21H,4,10-12,14H2,1-3H3,(H2,26,27,28);1H. The summed E-state index contributed by atoms with van der Waals surface area (Å²) < 4.78 is 0. The number of aromatic nitrogens is 1. The topological polar surface area (TPSA) is 86.7 Å². The summed E-state index contributed by atoms with van der Waals surface area (Å²) >= 11 is 0. The Hall–Kier alpha value is -1.97. The number of halogens is 1. The van der Waals surface area contributed by atoms with Gasteiger partial charge in [0.1, 0.15) is 0 Å². The molecular formula is C24H34IN5O2. The van der Waals surface area contributed by atoms with E-state index in [0.29, 0.717) is 31.5 Å². The van der Waals surface area contributed by atoms with Crippen molar-refractivity contribution in [1.29, 1.82) is 0 Å². The number of carbonyl (C=O) groups excluding carboxylic acids is 2. The molecule has 1 saturated carbocycles. The molecule has 2 aliphatic carbocycles. The van der Waals surface area contributed by atoms with Crippen molar-refractivity contribution in [2.24, 2.45) is 34.6 Å². The molecule has 5 atom stereocenters. The molecule has 0 aromatic carbocycles. The second-order valence-corrected chi connectivity index (χ2v) is 9.11. The van der Waals surface area contributed by atoms with Gasteiger partial charge in [-0.15, -0.1) is 24.0 Å². The zero-order valence-corrected chi connectivity index (χ0v) is 21.4. The smallest absolute Gasteiger partial charge is 0.233 e. The van der Waals surface area contributed by atoms with Crippen LogP contribution in [0.5, 0.6) is 0 Å². The molecule has 8 heteroatoms. The van der Waals surface area contributed by atoms with Gasteiger partial charge < -0.3 is 10.6 Å². The highest BCUT2D eigenvalue weighted by Crippen LogP contribution is 2.52. The molecule has 174 valence electrons. The molecule has 2 fully saturated rings. The largest absolute Gasteiger partial charge is 0.357 e. The quantitative estimate of drug-likeness (QED) is 0.171. The third-order valence-corrected chi connectivity index (χ3v) is 6.90. The SMILES string of the molecule is CCNC(=NCC(c1cccnc1)C(C)C)NCCN1C(=O)C2C3C=CC(C3)C2C1=O.I. The summed E-state index contributed by atoms with van der Waals surface area (Å²) in [7, 11) is 0. The predicted molar refractivity (Wildman–Crippen MR) is 136 cm³/mol. The molecule has 5 unspecified atom stereocenters. The number of nitrogens with zero attached hydrogens (tertiary/aromatic N) is 3. The molecule has 7 nitrogen and oxygen atoms in total. The van der Waals surface area contributed by atoms with Crippen molar-refractivity contribution in [3.05, 3.63) is 42.2 Å². The molecule has 1 saturated heterocycles. The van der Waals surface area contributed by atoms with Crippen molar-refractivity contribution in [2.45, 2.75) is 33.1 Å². The van der Waals surface area contributed by atoms with Crippen LogP contribution in [0.3, 0.4) is 0 Å². The fourth-order valence-corrected chi connectivity index (χ4v) is 5.30. The molecule has 1 aromatic rings. The molecule has 32 heavy (non-hydrogen) atoms. The van der Waals surface area contributed by atoms with E-state index in [1.54, 1.807) is 6.20 Å². The number of amides is 2. The first-order valence-corrected chi connectivity index (χ1v) is 11.5. The molecule has 4 rings (SSSR count). The van der Waals surface area contributed by atoms with Gasteiger partial charge in [-0.3, -0.25) is 24.5 Å². The predicted octanol–water partition coefficient (Wildman–Crippen LogP) is 2.80. The van der Waals surface area contributed by atoms with Crippen LogP contribution < -0.4 is 10.6 Å². The lowest BCUT2D eigenvalue weighted by Gasteiger charge is -2.21. The number of rotatable bonds is 8. The van der Waals surface area contributed by atoms with Crippen LogP contribution in [0.4, 0.5) is 0 Å². The number of guanidine groups is 1. The summed E-state index contributed by atoms with van der Waals surface area (Å²) in [4.78, 5) is 36.1. The summed E-state index contributed by atoms with van der Waals surface area (Å²) in [6.07, 6.45) is 8.91. The van der Waals surface area contributed by atoms with Crippen LogP contribution in [0.25, 0.3) is 0 Å². The fourth-order valence-electron chi connectivity index (χ4n) is 5.30. The van der Waals surface area contributed by atoms with Crippen molar-refractivity contribution >= 4 is 41.8 Å². The van der Waals surface area contributed by atoms with Crippen LogP contribution >= 0.6 is 24.0 Å². The third-order valence-electron chi connectivity index (χ3n) is 6.90. The number of aliphatic imine (C=N–C) groups is 1. The second-order valence-electron chi connectivity index (χ2n) is 9.11. The Morgan fingerprint density at radius 3 is 2.44 bits per heavy atom. The van der Waals surface area contributed by atoms with Crippen molar-refractivity contribution < 1.29 is 9.59 Å². The lowest BCUT2D eigenvalue weighted by Crippen LogP contribution is -2.44. The number of carbonyl (C=O) groups is 2. The van der Waals surface area contributed by atoms with Gasteiger partial charge in [0.15, 0.2) is 5.96 Å². The Labute approximate surface area is 207 Å². The summed E-state index contributed by atoms with van der Waals surface area (Å²) in [6, 6.07) is 4.05. The maximum absolute atomic E-state index is 12.8. The first-order valence-electron chi connectivity index (χ1n) is 11.5. The van der Waals surface area contributed by atoms with E-state index in [1.807, 2.05) is 19.2 Å². The maximum atomic E-state index is 12.8. The van der Waals surface area contributed by atoms with Gasteiger partial charge in [-0.05, 0) is 42.7 Å². The Bertz CT molecular complexity index is 842. The zero-order valence-electron chi connectivity index (χ0n) is 19.0. The van der Waals surface area contributed by atoms with Crippen molar-refractivity contribution in [1.82, 2.24) is 20.5 Å². The minimum Gasteiger partial charge on any atom is -0.357 e. The lowest BCUT2D eigenvalue weighted by molar-refractivity contribution is -0.140. The summed E-state index contributed by atoms with van der Waals surface area (Å²) in [5, 5.41) is 6.56. The average molecular weight is 551 g/mol. The fraction of sp³-hybridized carbons (Fsp3) is 0.583. The van der Waals surface area contributed by atoms with E-state index in [2.05, 4.69) is 47.7 Å². The van der Waals surface area contributed by atoms with Crippen LogP contribution in [-0.4, -0.2) is 53.8 Å². The number of pyridine rings is 1. The average Bonchev–Trinajstić information content (AvgIpc) is 3.44. The van der Waals surface area contributed by atoms with E-state index in [-0.39, 0.29) is 65.4 Å². The van der Waals surface area contributed by atoms with E-state index < -0.39 is 0 Å². The molecule has 2 N–H and O–H groups in total. The molecule has 3 aliphatic rings. The van der Waals surface area contributed by atoms with Crippen LogP contribution in [0.2, 0.25) is 0 Å². The number of fused-ring (bicyclic) bond motifs is 5. The van der Waals surface area contributed by atoms with Gasteiger partial charge >= 0.3 is 0 Å². The van der Waals surface area contributed by atoms with Gasteiger partial charge in [-0.1, -0.05) is 32.1 Å². The number of nitrogens with one attached hydrogen (secondary N) is 2. The Morgan fingerprint density at radius 1 is 1.19 bits per heavy atom. The minimum atomic E-state index is -0.129. The Kier molecular flexibility index (Phi) is 8.30. The van der Waals surface area contributed by atoms with Gasteiger partial charge in [0.05, 0.1) is 11.8 Å². The minimum absolute atomic E-state index is 0. The van der Waals surface area contributed by atoms with E-state index in [4.69, 9.17) is 4.99 Å². The van der Waals surface area contributed by atoms with Gasteiger partial charge in [0, 0.05) is 44.5 Å². The highest BCUT2D eigenvalue weighted by atomic mass is 127. The van der Waals surface area contributed by atoms with Crippen LogP contribution in [0.15, 0.2) is 41.7 Å².